The van der Waals surface area contributed by atoms with Crippen molar-refractivity contribution in [2.45, 2.75) is 13.0 Å². The highest BCUT2D eigenvalue weighted by atomic mass is 16.6. The van der Waals surface area contributed by atoms with Crippen molar-refractivity contribution in [3.8, 4) is 0 Å². The van der Waals surface area contributed by atoms with Gasteiger partial charge in [-0.3, -0.25) is 4.79 Å². The van der Waals surface area contributed by atoms with E-state index in [-0.39, 0.29) is 17.9 Å². The molecule has 2 amide bonds. The van der Waals surface area contributed by atoms with Crippen LogP contribution < -0.4 is 10.6 Å². The summed E-state index contributed by atoms with van der Waals surface area (Å²) >= 11 is 0. The Morgan fingerprint density at radius 1 is 1.25 bits per heavy atom. The smallest absolute Gasteiger partial charge is 0.319 e. The maximum atomic E-state index is 11.7. The highest BCUT2D eigenvalue weighted by Crippen LogP contribution is 2.09. The standard InChI is InChI=1S/C14H18N2O4/c1-10(17)11-2-4-12(5-3-11)16-14(18)15-8-13-9-19-6-7-20-13/h2-5,13H,6-9H2,1H3,(H2,15,16,18). The third kappa shape index (κ3) is 4.32. The van der Waals surface area contributed by atoms with Crippen LogP contribution >= 0.6 is 0 Å². The van der Waals surface area contributed by atoms with Crippen LogP contribution in [0.3, 0.4) is 0 Å². The fraction of sp³-hybridized carbons (Fsp3) is 0.429. The number of amides is 2. The largest absolute Gasteiger partial charge is 0.376 e. The average Bonchev–Trinajstić information content (AvgIpc) is 2.47. The van der Waals surface area contributed by atoms with Crippen LogP contribution in [0.25, 0.3) is 0 Å². The second-order valence-corrected chi connectivity index (χ2v) is 4.54. The SMILES string of the molecule is CC(=O)c1ccc(NC(=O)NCC2COCCO2)cc1. The molecule has 1 fully saturated rings. The minimum absolute atomic E-state index is 0.00421. The first-order chi connectivity index (χ1) is 9.65. The quantitative estimate of drug-likeness (QED) is 0.817. The summed E-state index contributed by atoms with van der Waals surface area (Å²) in [5, 5.41) is 5.41. The summed E-state index contributed by atoms with van der Waals surface area (Å²) in [6.07, 6.45) is -0.102. The van der Waals surface area contributed by atoms with E-state index in [0.717, 1.165) is 0 Å². The third-order valence-corrected chi connectivity index (χ3v) is 2.92. The van der Waals surface area contributed by atoms with Gasteiger partial charge in [-0.2, -0.15) is 0 Å². The van der Waals surface area contributed by atoms with E-state index in [1.54, 1.807) is 24.3 Å². The minimum Gasteiger partial charge on any atom is -0.376 e. The lowest BCUT2D eigenvalue weighted by Gasteiger charge is -2.23. The van der Waals surface area contributed by atoms with Crippen LogP contribution in [0.5, 0.6) is 0 Å². The van der Waals surface area contributed by atoms with Gasteiger partial charge in [0.2, 0.25) is 0 Å². The topological polar surface area (TPSA) is 76.7 Å². The van der Waals surface area contributed by atoms with Crippen molar-refractivity contribution in [2.24, 2.45) is 0 Å². The molecule has 0 radical (unpaired) electrons. The van der Waals surface area contributed by atoms with Gasteiger partial charge in [0.25, 0.3) is 0 Å². The molecule has 1 unspecified atom stereocenters. The van der Waals surface area contributed by atoms with Gasteiger partial charge in [0, 0.05) is 17.8 Å². The van der Waals surface area contributed by atoms with Crippen LogP contribution in [0, 0.1) is 0 Å². The van der Waals surface area contributed by atoms with Gasteiger partial charge in [0.05, 0.1) is 25.9 Å². The summed E-state index contributed by atoms with van der Waals surface area (Å²) in [4.78, 5) is 22.8. The van der Waals surface area contributed by atoms with E-state index in [0.29, 0.717) is 37.6 Å². The minimum atomic E-state index is -0.310. The van der Waals surface area contributed by atoms with Gasteiger partial charge in [-0.25, -0.2) is 4.79 Å². The molecule has 6 heteroatoms. The lowest BCUT2D eigenvalue weighted by atomic mass is 10.1. The second-order valence-electron chi connectivity index (χ2n) is 4.54. The third-order valence-electron chi connectivity index (χ3n) is 2.92. The molecular weight excluding hydrogens is 260 g/mol. The van der Waals surface area contributed by atoms with Crippen LogP contribution in [0.1, 0.15) is 17.3 Å². The Balaban J connectivity index is 1.77. The summed E-state index contributed by atoms with van der Waals surface area (Å²) < 4.78 is 10.7. The highest BCUT2D eigenvalue weighted by Gasteiger charge is 2.15. The average molecular weight is 278 g/mol. The molecular formula is C14H18N2O4. The van der Waals surface area contributed by atoms with Crippen molar-refractivity contribution in [1.82, 2.24) is 5.32 Å². The van der Waals surface area contributed by atoms with Gasteiger partial charge in [-0.1, -0.05) is 0 Å². The molecule has 2 N–H and O–H groups in total. The van der Waals surface area contributed by atoms with Crippen LogP contribution in [0.15, 0.2) is 24.3 Å². The fourth-order valence-electron chi connectivity index (χ4n) is 1.82. The predicted molar refractivity (Wildman–Crippen MR) is 74.0 cm³/mol. The Morgan fingerprint density at radius 3 is 2.60 bits per heavy atom. The van der Waals surface area contributed by atoms with E-state index in [2.05, 4.69) is 10.6 Å². The fourth-order valence-corrected chi connectivity index (χ4v) is 1.82. The lowest BCUT2D eigenvalue weighted by molar-refractivity contribution is -0.0852. The summed E-state index contributed by atoms with van der Waals surface area (Å²) in [7, 11) is 0. The summed E-state index contributed by atoms with van der Waals surface area (Å²) in [5.41, 5.74) is 1.25. The van der Waals surface area contributed by atoms with Crippen molar-refractivity contribution in [2.75, 3.05) is 31.7 Å². The van der Waals surface area contributed by atoms with E-state index < -0.39 is 0 Å². The number of ether oxygens (including phenoxy) is 2. The predicted octanol–water partition coefficient (Wildman–Crippen LogP) is 1.43. The Hall–Kier alpha value is -1.92. The lowest BCUT2D eigenvalue weighted by Crippen LogP contribution is -2.41. The maximum Gasteiger partial charge on any atom is 0.319 e. The number of Topliss-reactive ketones (excluding diaryl/α,β-unsaturated/α-hetero) is 1. The van der Waals surface area contributed by atoms with Crippen LogP contribution in [0.4, 0.5) is 10.5 Å². The molecule has 1 heterocycles. The summed E-state index contributed by atoms with van der Waals surface area (Å²) in [6.45, 7) is 3.55. The molecule has 2 rings (SSSR count). The molecule has 0 aliphatic carbocycles. The van der Waals surface area contributed by atoms with Gasteiger partial charge in [0.15, 0.2) is 5.78 Å². The molecule has 1 aromatic carbocycles. The van der Waals surface area contributed by atoms with Crippen LogP contribution in [-0.4, -0.2) is 44.3 Å². The van der Waals surface area contributed by atoms with Gasteiger partial charge in [-0.15, -0.1) is 0 Å². The molecule has 0 spiro atoms. The monoisotopic (exact) mass is 278 g/mol. The molecule has 6 nitrogen and oxygen atoms in total. The van der Waals surface area contributed by atoms with E-state index >= 15 is 0 Å². The van der Waals surface area contributed by atoms with Crippen molar-refractivity contribution >= 4 is 17.5 Å². The normalized spacial score (nSPS) is 18.4. The molecule has 0 aromatic heterocycles. The van der Waals surface area contributed by atoms with Crippen LogP contribution in [0.2, 0.25) is 0 Å². The van der Waals surface area contributed by atoms with Crippen molar-refractivity contribution in [3.05, 3.63) is 29.8 Å². The molecule has 1 aliphatic heterocycles. The molecule has 1 aromatic rings. The number of ketones is 1. The molecule has 1 aliphatic rings. The van der Waals surface area contributed by atoms with Crippen LogP contribution in [-0.2, 0) is 9.47 Å². The first kappa shape index (κ1) is 14.5. The Morgan fingerprint density at radius 2 is 2.00 bits per heavy atom. The first-order valence-electron chi connectivity index (χ1n) is 6.50. The molecule has 108 valence electrons. The van der Waals surface area contributed by atoms with Crippen molar-refractivity contribution in [3.63, 3.8) is 0 Å². The highest BCUT2D eigenvalue weighted by molar-refractivity contribution is 5.95. The van der Waals surface area contributed by atoms with Gasteiger partial charge in [0.1, 0.15) is 0 Å². The zero-order valence-corrected chi connectivity index (χ0v) is 11.3. The zero-order valence-electron chi connectivity index (χ0n) is 11.3. The zero-order chi connectivity index (χ0) is 14.4. The van der Waals surface area contributed by atoms with E-state index in [1.165, 1.54) is 6.92 Å². The molecule has 1 saturated heterocycles. The van der Waals surface area contributed by atoms with Crippen molar-refractivity contribution < 1.29 is 19.1 Å². The number of benzene rings is 1. The number of nitrogens with one attached hydrogen (secondary N) is 2. The summed E-state index contributed by atoms with van der Waals surface area (Å²) in [6, 6.07) is 6.42. The van der Waals surface area contributed by atoms with E-state index in [1.807, 2.05) is 0 Å². The molecule has 1 atom stereocenters. The maximum absolute atomic E-state index is 11.7. The number of carbonyl (C=O) groups excluding carboxylic acids is 2. The number of hydrogen-bond acceptors (Lipinski definition) is 4. The van der Waals surface area contributed by atoms with E-state index in [9.17, 15) is 9.59 Å². The number of carbonyl (C=O) groups is 2. The molecule has 0 bridgehead atoms. The number of anilines is 1. The molecule has 0 saturated carbocycles. The Labute approximate surface area is 117 Å². The number of rotatable bonds is 4. The van der Waals surface area contributed by atoms with Gasteiger partial charge < -0.3 is 20.1 Å². The molecule has 20 heavy (non-hydrogen) atoms. The number of hydrogen-bond donors (Lipinski definition) is 2. The Kier molecular flexibility index (Phi) is 5.09. The second kappa shape index (κ2) is 7.02. The van der Waals surface area contributed by atoms with E-state index in [4.69, 9.17) is 9.47 Å². The van der Waals surface area contributed by atoms with Crippen molar-refractivity contribution in [1.29, 1.82) is 0 Å². The van der Waals surface area contributed by atoms with Gasteiger partial charge >= 0.3 is 6.03 Å². The Bertz CT molecular complexity index is 467. The number of urea groups is 1. The first-order valence-corrected chi connectivity index (χ1v) is 6.50. The summed E-state index contributed by atoms with van der Waals surface area (Å²) in [5.74, 6) is -0.00421. The van der Waals surface area contributed by atoms with Gasteiger partial charge in [-0.05, 0) is 31.2 Å².